The van der Waals surface area contributed by atoms with Gasteiger partial charge in [-0.15, -0.1) is 0 Å². The molecule has 0 spiro atoms. The van der Waals surface area contributed by atoms with Gasteiger partial charge in [0.15, 0.2) is 0 Å². The van der Waals surface area contributed by atoms with E-state index in [4.69, 9.17) is 0 Å². The Labute approximate surface area is 106 Å². The van der Waals surface area contributed by atoms with Crippen molar-refractivity contribution >= 4 is 5.91 Å². The number of carbonyl (C=O) groups excluding carboxylic acids is 1. The average Bonchev–Trinajstić information content (AvgIpc) is 2.48. The van der Waals surface area contributed by atoms with E-state index >= 15 is 0 Å². The number of hydrogen-bond acceptors (Lipinski definition) is 2. The Balaban J connectivity index is 2.24. The van der Waals surface area contributed by atoms with Crippen LogP contribution in [0.5, 0.6) is 0 Å². The molecule has 1 amide bonds. The number of alkyl halides is 3. The maximum atomic E-state index is 11.9. The maximum Gasteiger partial charge on any atom is 0.405 e. The lowest BCUT2D eigenvalue weighted by molar-refractivity contribution is -0.138. The second-order valence-electron chi connectivity index (χ2n) is 4.99. The molecule has 0 aliphatic heterocycles. The summed E-state index contributed by atoms with van der Waals surface area (Å²) in [6.07, 6.45) is 1.27. The van der Waals surface area contributed by atoms with Gasteiger partial charge in [-0.05, 0) is 18.8 Å². The predicted molar refractivity (Wildman–Crippen MR) is 63.1 cm³/mol. The van der Waals surface area contributed by atoms with Crippen molar-refractivity contribution in [2.45, 2.75) is 51.2 Å². The molecule has 0 aromatic carbocycles. The van der Waals surface area contributed by atoms with Crippen LogP contribution < -0.4 is 10.6 Å². The Kier molecular flexibility index (Phi) is 5.91. The zero-order valence-electron chi connectivity index (χ0n) is 10.6. The van der Waals surface area contributed by atoms with Crippen LogP contribution in [0.3, 0.4) is 0 Å². The number of carbonyl (C=O) groups is 1. The van der Waals surface area contributed by atoms with E-state index in [0.717, 1.165) is 19.3 Å². The van der Waals surface area contributed by atoms with Crippen molar-refractivity contribution in [2.75, 3.05) is 13.1 Å². The zero-order chi connectivity index (χ0) is 13.6. The number of halogens is 3. The topological polar surface area (TPSA) is 41.1 Å². The lowest BCUT2D eigenvalue weighted by atomic mass is 9.97. The van der Waals surface area contributed by atoms with Crippen molar-refractivity contribution in [1.29, 1.82) is 0 Å². The molecule has 2 N–H and O–H groups in total. The molecule has 106 valence electrons. The van der Waals surface area contributed by atoms with E-state index in [1.807, 2.05) is 5.32 Å². The van der Waals surface area contributed by atoms with Crippen LogP contribution in [0.15, 0.2) is 0 Å². The summed E-state index contributed by atoms with van der Waals surface area (Å²) in [5, 5.41) is 4.93. The minimum Gasteiger partial charge on any atom is -0.346 e. The molecular weight excluding hydrogens is 245 g/mol. The maximum absolute atomic E-state index is 11.9. The van der Waals surface area contributed by atoms with Gasteiger partial charge in [-0.25, -0.2) is 0 Å². The summed E-state index contributed by atoms with van der Waals surface area (Å²) in [5.41, 5.74) is 0. The standard InChI is InChI=1S/C12H21F3N2O/c1-9-5-3-2-4-6-10(9)16-7-11(18)17-8-12(13,14)15/h9-10,16H,2-8H2,1H3,(H,17,18). The quantitative estimate of drug-likeness (QED) is 0.766. The van der Waals surface area contributed by atoms with Crippen LogP contribution in [0.25, 0.3) is 0 Å². The van der Waals surface area contributed by atoms with Crippen LogP contribution in [-0.2, 0) is 4.79 Å². The highest BCUT2D eigenvalue weighted by molar-refractivity contribution is 5.78. The van der Waals surface area contributed by atoms with Crippen molar-refractivity contribution < 1.29 is 18.0 Å². The fourth-order valence-corrected chi connectivity index (χ4v) is 2.28. The fourth-order valence-electron chi connectivity index (χ4n) is 2.28. The average molecular weight is 266 g/mol. The van der Waals surface area contributed by atoms with Crippen molar-refractivity contribution in [3.8, 4) is 0 Å². The first-order chi connectivity index (χ1) is 8.38. The molecule has 0 aromatic rings. The summed E-state index contributed by atoms with van der Waals surface area (Å²) in [6.45, 7) is 0.829. The predicted octanol–water partition coefficient (Wildman–Crippen LogP) is 2.22. The van der Waals surface area contributed by atoms with E-state index in [2.05, 4.69) is 12.2 Å². The number of amides is 1. The molecule has 3 nitrogen and oxygen atoms in total. The molecule has 0 heterocycles. The van der Waals surface area contributed by atoms with Gasteiger partial charge in [-0.3, -0.25) is 4.79 Å². The van der Waals surface area contributed by atoms with E-state index in [0.29, 0.717) is 5.92 Å². The van der Waals surface area contributed by atoms with Crippen LogP contribution in [0.1, 0.15) is 39.0 Å². The van der Waals surface area contributed by atoms with Gasteiger partial charge in [0.25, 0.3) is 0 Å². The lowest BCUT2D eigenvalue weighted by Gasteiger charge is -2.22. The molecule has 2 unspecified atom stereocenters. The van der Waals surface area contributed by atoms with E-state index in [9.17, 15) is 18.0 Å². The van der Waals surface area contributed by atoms with Gasteiger partial charge in [0.05, 0.1) is 6.54 Å². The molecule has 1 rings (SSSR count). The van der Waals surface area contributed by atoms with Gasteiger partial charge < -0.3 is 10.6 Å². The first kappa shape index (κ1) is 15.3. The van der Waals surface area contributed by atoms with Crippen LogP contribution >= 0.6 is 0 Å². The van der Waals surface area contributed by atoms with Gasteiger partial charge in [0, 0.05) is 6.04 Å². The summed E-state index contributed by atoms with van der Waals surface area (Å²) in [5.74, 6) is -0.119. The molecule has 0 bridgehead atoms. The third kappa shape index (κ3) is 6.23. The molecule has 18 heavy (non-hydrogen) atoms. The van der Waals surface area contributed by atoms with Crippen molar-refractivity contribution in [2.24, 2.45) is 5.92 Å². The number of hydrogen-bond donors (Lipinski definition) is 2. The minimum atomic E-state index is -4.34. The van der Waals surface area contributed by atoms with Gasteiger partial charge in [0.2, 0.25) is 5.91 Å². The molecule has 1 aliphatic carbocycles. The Hall–Kier alpha value is -0.780. The van der Waals surface area contributed by atoms with Crippen molar-refractivity contribution in [3.63, 3.8) is 0 Å². The normalized spacial score (nSPS) is 25.6. The van der Waals surface area contributed by atoms with E-state index in [1.165, 1.54) is 12.8 Å². The highest BCUT2D eigenvalue weighted by atomic mass is 19.4. The SMILES string of the molecule is CC1CCCCCC1NCC(=O)NCC(F)(F)F. The van der Waals surface area contributed by atoms with Crippen LogP contribution in [-0.4, -0.2) is 31.2 Å². The van der Waals surface area contributed by atoms with Gasteiger partial charge in [-0.1, -0.05) is 26.2 Å². The summed E-state index contributed by atoms with van der Waals surface area (Å²) in [6, 6.07) is 0.240. The first-order valence-corrected chi connectivity index (χ1v) is 6.45. The minimum absolute atomic E-state index is 0.0366. The molecule has 0 radical (unpaired) electrons. The monoisotopic (exact) mass is 266 g/mol. The molecular formula is C12H21F3N2O. The lowest BCUT2D eigenvalue weighted by Crippen LogP contribution is -2.43. The zero-order valence-corrected chi connectivity index (χ0v) is 10.6. The highest BCUT2D eigenvalue weighted by Gasteiger charge is 2.28. The number of rotatable bonds is 4. The first-order valence-electron chi connectivity index (χ1n) is 6.45. The third-order valence-electron chi connectivity index (χ3n) is 3.37. The smallest absolute Gasteiger partial charge is 0.346 e. The Morgan fingerprint density at radius 3 is 2.56 bits per heavy atom. The van der Waals surface area contributed by atoms with Crippen molar-refractivity contribution in [1.82, 2.24) is 10.6 Å². The molecule has 0 aromatic heterocycles. The molecule has 0 saturated heterocycles. The summed E-state index contributed by atoms with van der Waals surface area (Å²) in [7, 11) is 0. The van der Waals surface area contributed by atoms with Crippen molar-refractivity contribution in [3.05, 3.63) is 0 Å². The van der Waals surface area contributed by atoms with E-state index in [1.54, 1.807) is 0 Å². The third-order valence-corrected chi connectivity index (χ3v) is 3.37. The largest absolute Gasteiger partial charge is 0.405 e. The van der Waals surface area contributed by atoms with Crippen LogP contribution in [0.4, 0.5) is 13.2 Å². The van der Waals surface area contributed by atoms with Gasteiger partial charge in [-0.2, -0.15) is 13.2 Å². The second-order valence-corrected chi connectivity index (χ2v) is 4.99. The van der Waals surface area contributed by atoms with Crippen LogP contribution in [0.2, 0.25) is 0 Å². The molecule has 1 saturated carbocycles. The summed E-state index contributed by atoms with van der Waals surface area (Å²) in [4.78, 5) is 11.3. The molecule has 2 atom stereocenters. The fraction of sp³-hybridized carbons (Fsp3) is 0.917. The van der Waals surface area contributed by atoms with E-state index in [-0.39, 0.29) is 12.6 Å². The number of nitrogens with one attached hydrogen (secondary N) is 2. The Morgan fingerprint density at radius 2 is 1.89 bits per heavy atom. The molecule has 1 aliphatic rings. The highest BCUT2D eigenvalue weighted by Crippen LogP contribution is 2.22. The van der Waals surface area contributed by atoms with Crippen LogP contribution in [0, 0.1) is 5.92 Å². The summed E-state index contributed by atoms with van der Waals surface area (Å²) >= 11 is 0. The molecule has 6 heteroatoms. The molecule has 1 fully saturated rings. The second kappa shape index (κ2) is 6.97. The summed E-state index contributed by atoms with van der Waals surface area (Å²) < 4.78 is 35.7. The van der Waals surface area contributed by atoms with E-state index < -0.39 is 18.6 Å². The Bertz CT molecular complexity index is 269. The van der Waals surface area contributed by atoms with Gasteiger partial charge in [0.1, 0.15) is 6.54 Å². The Morgan fingerprint density at radius 1 is 1.22 bits per heavy atom. The van der Waals surface area contributed by atoms with Gasteiger partial charge >= 0.3 is 6.18 Å².